The maximum Gasteiger partial charge on any atom is 0.250 e. The van der Waals surface area contributed by atoms with Crippen LogP contribution in [0.4, 0.5) is 0 Å². The van der Waals surface area contributed by atoms with Gasteiger partial charge in [0, 0.05) is 29.7 Å². The Labute approximate surface area is 179 Å². The van der Waals surface area contributed by atoms with Gasteiger partial charge in [0.2, 0.25) is 5.91 Å². The largest absolute Gasteiger partial charge is 0.352 e. The summed E-state index contributed by atoms with van der Waals surface area (Å²) < 4.78 is 2.76. The van der Waals surface area contributed by atoms with Crippen molar-refractivity contribution in [2.45, 2.75) is 38.8 Å². The molecule has 0 aliphatic carbocycles. The first kappa shape index (κ1) is 21.1. The van der Waals surface area contributed by atoms with E-state index in [9.17, 15) is 9.59 Å². The maximum atomic E-state index is 12.1. The molecule has 150 valence electrons. The molecular formula is C24H25BrN2O2. The third-order valence-corrected chi connectivity index (χ3v) is 5.33. The quantitative estimate of drug-likeness (QED) is 0.478. The number of nitrogens with one attached hydrogen (secondary N) is 1. The molecule has 2 aromatic carbocycles. The normalized spacial score (nSPS) is 10.7. The molecule has 0 aliphatic rings. The second-order valence-electron chi connectivity index (χ2n) is 7.09. The van der Waals surface area contributed by atoms with Gasteiger partial charge in [-0.3, -0.25) is 9.59 Å². The second-order valence-corrected chi connectivity index (χ2v) is 8.01. The average Bonchev–Trinajstić information content (AvgIpc) is 2.74. The first-order valence-corrected chi connectivity index (χ1v) is 10.6. The zero-order chi connectivity index (χ0) is 20.5. The minimum atomic E-state index is -0.0102. The summed E-state index contributed by atoms with van der Waals surface area (Å²) in [5, 5.41) is 2.98. The van der Waals surface area contributed by atoms with Gasteiger partial charge in [-0.25, -0.2) is 0 Å². The second kappa shape index (κ2) is 10.8. The molecule has 1 heterocycles. The van der Waals surface area contributed by atoms with Gasteiger partial charge in [-0.15, -0.1) is 0 Å². The zero-order valence-electron chi connectivity index (χ0n) is 16.3. The predicted molar refractivity (Wildman–Crippen MR) is 120 cm³/mol. The van der Waals surface area contributed by atoms with E-state index in [-0.39, 0.29) is 11.5 Å². The Bertz CT molecular complexity index is 979. The fourth-order valence-electron chi connectivity index (χ4n) is 3.11. The molecule has 0 saturated carbocycles. The van der Waals surface area contributed by atoms with Crippen LogP contribution in [0.25, 0.3) is 0 Å². The summed E-state index contributed by atoms with van der Waals surface area (Å²) in [7, 11) is 0. The lowest BCUT2D eigenvalue weighted by Crippen LogP contribution is -2.22. The molecule has 0 radical (unpaired) electrons. The Morgan fingerprint density at radius 3 is 2.28 bits per heavy atom. The number of pyridine rings is 1. The lowest BCUT2D eigenvalue weighted by molar-refractivity contribution is -0.121. The summed E-state index contributed by atoms with van der Waals surface area (Å²) >= 11 is 3.44. The lowest BCUT2D eigenvalue weighted by Gasteiger charge is -2.08. The number of benzene rings is 2. The molecule has 5 heteroatoms. The number of hydrogen-bond donors (Lipinski definition) is 1. The summed E-state index contributed by atoms with van der Waals surface area (Å²) in [6.45, 7) is 1.07. The lowest BCUT2D eigenvalue weighted by atomic mass is 10.1. The molecule has 1 aromatic heterocycles. The van der Waals surface area contributed by atoms with E-state index < -0.39 is 0 Å². The molecule has 4 nitrogen and oxygen atoms in total. The van der Waals surface area contributed by atoms with E-state index in [0.717, 1.165) is 34.9 Å². The van der Waals surface area contributed by atoms with E-state index >= 15 is 0 Å². The monoisotopic (exact) mass is 452 g/mol. The topological polar surface area (TPSA) is 51.1 Å². The Morgan fingerprint density at radius 2 is 1.55 bits per heavy atom. The standard InChI is InChI=1S/C24H25BrN2O2/c25-22-14-12-19(13-15-22)5-1-2-6-23(28)26-17-20-8-10-21(11-9-20)18-27-16-4-3-7-24(27)29/h3-4,7-16H,1-2,5-6,17-18H2,(H,26,28). The first-order chi connectivity index (χ1) is 14.1. The van der Waals surface area contributed by atoms with E-state index in [1.54, 1.807) is 22.9 Å². The van der Waals surface area contributed by atoms with Gasteiger partial charge < -0.3 is 9.88 Å². The Hall–Kier alpha value is -2.66. The predicted octanol–water partition coefficient (Wildman–Crippen LogP) is 4.69. The molecule has 1 amide bonds. The molecule has 0 aliphatic heterocycles. The van der Waals surface area contributed by atoms with Crippen LogP contribution in [0.1, 0.15) is 36.0 Å². The Balaban J connectivity index is 1.37. The molecular weight excluding hydrogens is 428 g/mol. The number of aryl methyl sites for hydroxylation is 1. The number of nitrogens with zero attached hydrogens (tertiary/aromatic N) is 1. The first-order valence-electron chi connectivity index (χ1n) is 9.84. The van der Waals surface area contributed by atoms with Crippen LogP contribution in [0.5, 0.6) is 0 Å². The smallest absolute Gasteiger partial charge is 0.250 e. The van der Waals surface area contributed by atoms with Gasteiger partial charge in [0.15, 0.2) is 0 Å². The number of amides is 1. The van der Waals surface area contributed by atoms with Gasteiger partial charge in [0.1, 0.15) is 0 Å². The van der Waals surface area contributed by atoms with Crippen LogP contribution in [-0.4, -0.2) is 10.5 Å². The minimum Gasteiger partial charge on any atom is -0.352 e. The number of carbonyl (C=O) groups is 1. The van der Waals surface area contributed by atoms with Gasteiger partial charge in [-0.1, -0.05) is 58.4 Å². The summed E-state index contributed by atoms with van der Waals surface area (Å²) in [5.41, 5.74) is 3.40. The number of unbranched alkanes of at least 4 members (excludes halogenated alkanes) is 1. The SMILES string of the molecule is O=C(CCCCc1ccc(Br)cc1)NCc1ccc(Cn2ccccc2=O)cc1. The molecule has 0 atom stereocenters. The molecule has 0 spiro atoms. The fourth-order valence-corrected chi connectivity index (χ4v) is 3.37. The molecule has 3 aromatic rings. The Morgan fingerprint density at radius 1 is 0.862 bits per heavy atom. The third kappa shape index (κ3) is 7.02. The van der Waals surface area contributed by atoms with Crippen molar-refractivity contribution >= 4 is 21.8 Å². The van der Waals surface area contributed by atoms with Gasteiger partial charge in [0.05, 0.1) is 6.54 Å². The van der Waals surface area contributed by atoms with Gasteiger partial charge in [-0.05, 0) is 54.2 Å². The van der Waals surface area contributed by atoms with Crippen LogP contribution in [0.15, 0.2) is 82.2 Å². The highest BCUT2D eigenvalue weighted by Crippen LogP contribution is 2.13. The van der Waals surface area contributed by atoms with Crippen molar-refractivity contribution in [3.8, 4) is 0 Å². The van der Waals surface area contributed by atoms with E-state index in [2.05, 4.69) is 33.4 Å². The van der Waals surface area contributed by atoms with Crippen molar-refractivity contribution in [2.75, 3.05) is 0 Å². The number of rotatable bonds is 9. The van der Waals surface area contributed by atoms with Crippen molar-refractivity contribution in [1.29, 1.82) is 0 Å². The summed E-state index contributed by atoms with van der Waals surface area (Å²) in [6, 6.07) is 21.5. The number of halogens is 1. The molecule has 0 bridgehead atoms. The highest BCUT2D eigenvalue weighted by molar-refractivity contribution is 9.10. The average molecular weight is 453 g/mol. The number of aromatic nitrogens is 1. The van der Waals surface area contributed by atoms with Crippen molar-refractivity contribution in [3.63, 3.8) is 0 Å². The maximum absolute atomic E-state index is 12.1. The van der Waals surface area contributed by atoms with E-state index in [0.29, 0.717) is 19.5 Å². The van der Waals surface area contributed by atoms with Crippen LogP contribution in [0.2, 0.25) is 0 Å². The molecule has 29 heavy (non-hydrogen) atoms. The minimum absolute atomic E-state index is 0.0102. The molecule has 0 unspecified atom stereocenters. The molecule has 3 rings (SSSR count). The van der Waals surface area contributed by atoms with Crippen molar-refractivity contribution in [1.82, 2.24) is 9.88 Å². The summed E-state index contributed by atoms with van der Waals surface area (Å²) in [6.07, 6.45) is 5.21. The molecule has 0 fully saturated rings. The summed E-state index contributed by atoms with van der Waals surface area (Å²) in [5.74, 6) is 0.0840. The van der Waals surface area contributed by atoms with Crippen molar-refractivity contribution < 1.29 is 4.79 Å². The van der Waals surface area contributed by atoms with Crippen LogP contribution in [0.3, 0.4) is 0 Å². The molecule has 1 N–H and O–H groups in total. The highest BCUT2D eigenvalue weighted by Gasteiger charge is 2.03. The molecule has 0 saturated heterocycles. The fraction of sp³-hybridized carbons (Fsp3) is 0.250. The van der Waals surface area contributed by atoms with E-state index in [1.165, 1.54) is 5.56 Å². The van der Waals surface area contributed by atoms with Gasteiger partial charge in [0.25, 0.3) is 5.56 Å². The van der Waals surface area contributed by atoms with Crippen LogP contribution < -0.4 is 10.9 Å². The third-order valence-electron chi connectivity index (χ3n) is 4.80. The summed E-state index contributed by atoms with van der Waals surface area (Å²) in [4.78, 5) is 23.8. The van der Waals surface area contributed by atoms with E-state index in [4.69, 9.17) is 0 Å². The Kier molecular flexibility index (Phi) is 7.82. The van der Waals surface area contributed by atoms with Crippen LogP contribution >= 0.6 is 15.9 Å². The van der Waals surface area contributed by atoms with Crippen molar-refractivity contribution in [2.24, 2.45) is 0 Å². The zero-order valence-corrected chi connectivity index (χ0v) is 17.9. The van der Waals surface area contributed by atoms with Crippen LogP contribution in [0, 0.1) is 0 Å². The highest BCUT2D eigenvalue weighted by atomic mass is 79.9. The number of carbonyl (C=O) groups excluding carboxylic acids is 1. The van der Waals surface area contributed by atoms with Gasteiger partial charge in [-0.2, -0.15) is 0 Å². The number of hydrogen-bond acceptors (Lipinski definition) is 2. The van der Waals surface area contributed by atoms with Crippen LogP contribution in [-0.2, 0) is 24.3 Å². The van der Waals surface area contributed by atoms with E-state index in [1.807, 2.05) is 42.5 Å². The van der Waals surface area contributed by atoms with Crippen molar-refractivity contribution in [3.05, 3.63) is 104 Å². The van der Waals surface area contributed by atoms with Gasteiger partial charge >= 0.3 is 0 Å².